The topological polar surface area (TPSA) is 62.3 Å². The van der Waals surface area contributed by atoms with Gasteiger partial charge in [0, 0.05) is 36.8 Å². The number of pyridine rings is 1. The number of hydrogen-bond donors (Lipinski definition) is 1. The first-order valence-electron chi connectivity index (χ1n) is 8.72. The van der Waals surface area contributed by atoms with E-state index in [0.29, 0.717) is 25.2 Å². The van der Waals surface area contributed by atoms with E-state index in [2.05, 4.69) is 10.3 Å². The Bertz CT molecular complexity index is 797. The highest BCUT2D eigenvalue weighted by Crippen LogP contribution is 2.18. The summed E-state index contributed by atoms with van der Waals surface area (Å²) in [6.45, 7) is 1.33. The average Bonchev–Trinajstić information content (AvgIpc) is 2.65. The molecule has 0 aliphatic carbocycles. The van der Waals surface area contributed by atoms with E-state index >= 15 is 0 Å². The molecule has 1 aliphatic heterocycles. The van der Waals surface area contributed by atoms with Gasteiger partial charge in [0.1, 0.15) is 0 Å². The summed E-state index contributed by atoms with van der Waals surface area (Å²) in [5, 5.41) is 3.84. The summed E-state index contributed by atoms with van der Waals surface area (Å²) >= 11 is 0. The molecule has 2 amide bonds. The number of piperidine rings is 1. The maximum atomic E-state index is 12.4. The molecule has 1 aliphatic rings. The number of carbonyl (C=O) groups excluding carboxylic acids is 2. The average molecular weight is 361 g/mol. The molecule has 7 heteroatoms. The number of nitrogens with zero attached hydrogens (tertiary/aromatic N) is 2. The van der Waals surface area contributed by atoms with E-state index in [1.165, 1.54) is 4.90 Å². The van der Waals surface area contributed by atoms with E-state index in [9.17, 15) is 18.4 Å². The first-order valence-corrected chi connectivity index (χ1v) is 8.72. The standard InChI is InChI=1S/C19H21F2N3O2/c20-17(21)10-18(25)24-8-2-3-13(12-24)11-23-19(26)15-6-5-14-4-1-7-22-16(14)9-15/h1,4-7,9,13,17H,2-3,8,10-12H2,(H,23,26). The molecule has 26 heavy (non-hydrogen) atoms. The summed E-state index contributed by atoms with van der Waals surface area (Å²) in [7, 11) is 0. The zero-order chi connectivity index (χ0) is 18.5. The van der Waals surface area contributed by atoms with Crippen molar-refractivity contribution < 1.29 is 18.4 Å². The van der Waals surface area contributed by atoms with Crippen molar-refractivity contribution in [3.05, 3.63) is 42.1 Å². The van der Waals surface area contributed by atoms with Crippen LogP contribution in [-0.2, 0) is 4.79 Å². The number of alkyl halides is 2. The van der Waals surface area contributed by atoms with Crippen LogP contribution in [-0.4, -0.2) is 47.8 Å². The number of fused-ring (bicyclic) bond motifs is 1. The Balaban J connectivity index is 1.55. The number of likely N-dealkylation sites (tertiary alicyclic amines) is 1. The zero-order valence-corrected chi connectivity index (χ0v) is 14.3. The highest BCUT2D eigenvalue weighted by Gasteiger charge is 2.25. The Labute approximate surface area is 150 Å². The molecule has 3 rings (SSSR count). The number of carbonyl (C=O) groups is 2. The Morgan fingerprint density at radius 3 is 2.96 bits per heavy atom. The lowest BCUT2D eigenvalue weighted by atomic mass is 9.97. The van der Waals surface area contributed by atoms with Crippen LogP contribution in [0.1, 0.15) is 29.6 Å². The van der Waals surface area contributed by atoms with Crippen molar-refractivity contribution in [3.63, 3.8) is 0 Å². The molecular weight excluding hydrogens is 340 g/mol. The molecule has 2 aromatic rings. The number of rotatable bonds is 5. The minimum atomic E-state index is -2.62. The van der Waals surface area contributed by atoms with E-state index in [-0.39, 0.29) is 11.8 Å². The third-order valence-electron chi connectivity index (χ3n) is 4.62. The van der Waals surface area contributed by atoms with Crippen molar-refractivity contribution in [3.8, 4) is 0 Å². The van der Waals surface area contributed by atoms with E-state index < -0.39 is 18.8 Å². The molecule has 138 valence electrons. The predicted octanol–water partition coefficient (Wildman–Crippen LogP) is 2.86. The van der Waals surface area contributed by atoms with Gasteiger partial charge < -0.3 is 10.2 Å². The lowest BCUT2D eigenvalue weighted by Crippen LogP contribution is -2.44. The highest BCUT2D eigenvalue weighted by molar-refractivity contribution is 5.97. The van der Waals surface area contributed by atoms with Crippen LogP contribution in [0.25, 0.3) is 10.9 Å². The summed E-state index contributed by atoms with van der Waals surface area (Å²) in [6.07, 6.45) is -0.0581. The van der Waals surface area contributed by atoms with E-state index in [4.69, 9.17) is 0 Å². The molecule has 1 fully saturated rings. The molecule has 0 bridgehead atoms. The van der Waals surface area contributed by atoms with Crippen LogP contribution < -0.4 is 5.32 Å². The lowest BCUT2D eigenvalue weighted by molar-refractivity contribution is -0.135. The quantitative estimate of drug-likeness (QED) is 0.891. The van der Waals surface area contributed by atoms with Crippen LogP contribution in [0.3, 0.4) is 0 Å². The lowest BCUT2D eigenvalue weighted by Gasteiger charge is -2.33. The van der Waals surface area contributed by atoms with Gasteiger partial charge in [0.25, 0.3) is 5.91 Å². The smallest absolute Gasteiger partial charge is 0.251 e. The SMILES string of the molecule is O=C(NCC1CCCN(C(=O)CC(F)F)C1)c1ccc2cccnc2c1. The molecule has 0 saturated carbocycles. The number of nitrogens with one attached hydrogen (secondary N) is 1. The fourth-order valence-electron chi connectivity index (χ4n) is 3.27. The summed E-state index contributed by atoms with van der Waals surface area (Å²) in [4.78, 5) is 29.9. The maximum absolute atomic E-state index is 12.4. The third kappa shape index (κ3) is 4.53. The largest absolute Gasteiger partial charge is 0.352 e. The normalized spacial score (nSPS) is 17.5. The van der Waals surface area contributed by atoms with E-state index in [1.54, 1.807) is 18.3 Å². The molecular formula is C19H21F2N3O2. The van der Waals surface area contributed by atoms with Crippen molar-refractivity contribution in [1.29, 1.82) is 0 Å². The Kier molecular flexibility index (Phi) is 5.75. The molecule has 0 radical (unpaired) electrons. The van der Waals surface area contributed by atoms with Gasteiger partial charge in [-0.2, -0.15) is 0 Å². The molecule has 2 heterocycles. The molecule has 0 spiro atoms. The molecule has 5 nitrogen and oxygen atoms in total. The zero-order valence-electron chi connectivity index (χ0n) is 14.3. The van der Waals surface area contributed by atoms with Crippen molar-refractivity contribution in [2.24, 2.45) is 5.92 Å². The van der Waals surface area contributed by atoms with Gasteiger partial charge in [-0.25, -0.2) is 8.78 Å². The maximum Gasteiger partial charge on any atom is 0.251 e. The van der Waals surface area contributed by atoms with Crippen molar-refractivity contribution >= 4 is 22.7 Å². The van der Waals surface area contributed by atoms with Crippen LogP contribution in [0, 0.1) is 5.92 Å². The summed E-state index contributed by atoms with van der Waals surface area (Å²) in [6, 6.07) is 9.11. The fourth-order valence-corrected chi connectivity index (χ4v) is 3.27. The van der Waals surface area contributed by atoms with Gasteiger partial charge in [0.2, 0.25) is 12.3 Å². The van der Waals surface area contributed by atoms with E-state index in [1.807, 2.05) is 18.2 Å². The Hall–Kier alpha value is -2.57. The van der Waals surface area contributed by atoms with Crippen LogP contribution in [0.4, 0.5) is 8.78 Å². The molecule has 1 aromatic carbocycles. The van der Waals surface area contributed by atoms with Gasteiger partial charge in [-0.1, -0.05) is 12.1 Å². The molecule has 1 saturated heterocycles. The minimum absolute atomic E-state index is 0.0768. The molecule has 1 aromatic heterocycles. The fraction of sp³-hybridized carbons (Fsp3) is 0.421. The first kappa shape index (κ1) is 18.2. The van der Waals surface area contributed by atoms with Crippen LogP contribution in [0.2, 0.25) is 0 Å². The number of benzene rings is 1. The first-order chi connectivity index (χ1) is 12.5. The van der Waals surface area contributed by atoms with Gasteiger partial charge in [-0.15, -0.1) is 0 Å². The third-order valence-corrected chi connectivity index (χ3v) is 4.62. The minimum Gasteiger partial charge on any atom is -0.352 e. The molecule has 1 unspecified atom stereocenters. The number of halogens is 2. The number of hydrogen-bond acceptors (Lipinski definition) is 3. The highest BCUT2D eigenvalue weighted by atomic mass is 19.3. The Morgan fingerprint density at radius 1 is 1.31 bits per heavy atom. The van der Waals surface area contributed by atoms with Gasteiger partial charge in [-0.05, 0) is 37.0 Å². The van der Waals surface area contributed by atoms with Crippen LogP contribution in [0.5, 0.6) is 0 Å². The van der Waals surface area contributed by atoms with Crippen molar-refractivity contribution in [1.82, 2.24) is 15.2 Å². The summed E-state index contributed by atoms with van der Waals surface area (Å²) in [5.41, 5.74) is 1.28. The number of aromatic nitrogens is 1. The summed E-state index contributed by atoms with van der Waals surface area (Å²) in [5.74, 6) is -0.641. The van der Waals surface area contributed by atoms with Gasteiger partial charge in [0.15, 0.2) is 0 Å². The van der Waals surface area contributed by atoms with Crippen LogP contribution in [0.15, 0.2) is 36.5 Å². The monoisotopic (exact) mass is 361 g/mol. The predicted molar refractivity (Wildman–Crippen MR) is 94.0 cm³/mol. The molecule has 1 N–H and O–H groups in total. The van der Waals surface area contributed by atoms with Gasteiger partial charge in [0.05, 0.1) is 11.9 Å². The van der Waals surface area contributed by atoms with Crippen molar-refractivity contribution in [2.45, 2.75) is 25.7 Å². The van der Waals surface area contributed by atoms with Crippen molar-refractivity contribution in [2.75, 3.05) is 19.6 Å². The van der Waals surface area contributed by atoms with Gasteiger partial charge >= 0.3 is 0 Å². The van der Waals surface area contributed by atoms with E-state index in [0.717, 1.165) is 23.7 Å². The van der Waals surface area contributed by atoms with Crippen LogP contribution >= 0.6 is 0 Å². The molecule has 1 atom stereocenters. The van der Waals surface area contributed by atoms with Gasteiger partial charge in [-0.3, -0.25) is 14.6 Å². The summed E-state index contributed by atoms with van der Waals surface area (Å²) < 4.78 is 24.8. The second kappa shape index (κ2) is 8.21. The Morgan fingerprint density at radius 2 is 2.15 bits per heavy atom. The number of amides is 2. The second-order valence-electron chi connectivity index (χ2n) is 6.56. The second-order valence-corrected chi connectivity index (χ2v) is 6.56.